The predicted octanol–water partition coefficient (Wildman–Crippen LogP) is 2.57. The van der Waals surface area contributed by atoms with Gasteiger partial charge in [-0.15, -0.1) is 24.0 Å². The van der Waals surface area contributed by atoms with Crippen LogP contribution in [0.5, 0.6) is 0 Å². The summed E-state index contributed by atoms with van der Waals surface area (Å²) >= 11 is 0. The Morgan fingerprint density at radius 1 is 1.08 bits per heavy atom. The highest BCUT2D eigenvalue weighted by Crippen LogP contribution is 2.16. The molecule has 0 aliphatic heterocycles. The molecule has 2 rings (SSSR count). The molecule has 132 valence electrons. The number of rotatable bonds is 7. The van der Waals surface area contributed by atoms with E-state index < -0.39 is 0 Å². The van der Waals surface area contributed by atoms with Crippen molar-refractivity contribution in [3.8, 4) is 0 Å². The first-order chi connectivity index (χ1) is 11.2. The molecule has 0 spiro atoms. The van der Waals surface area contributed by atoms with Gasteiger partial charge in [-0.3, -0.25) is 4.99 Å². The van der Waals surface area contributed by atoms with E-state index in [0.29, 0.717) is 6.04 Å². The van der Waals surface area contributed by atoms with Crippen molar-refractivity contribution < 1.29 is 0 Å². The Morgan fingerprint density at radius 3 is 2.33 bits per heavy atom. The molecule has 0 aliphatic carbocycles. The topological polar surface area (TPSA) is 44.6 Å². The number of nitrogens with zero attached hydrogens (tertiary/aromatic N) is 3. The van der Waals surface area contributed by atoms with E-state index in [-0.39, 0.29) is 24.0 Å². The van der Waals surface area contributed by atoms with E-state index in [1.165, 1.54) is 5.56 Å². The lowest BCUT2D eigenvalue weighted by Gasteiger charge is -2.26. The molecule has 6 heteroatoms. The number of halogens is 1. The lowest BCUT2D eigenvalue weighted by Crippen LogP contribution is -2.42. The van der Waals surface area contributed by atoms with Gasteiger partial charge in [0.15, 0.2) is 5.96 Å². The summed E-state index contributed by atoms with van der Waals surface area (Å²) in [5.41, 5.74) is 1.30. The highest BCUT2D eigenvalue weighted by Gasteiger charge is 2.14. The third-order valence-corrected chi connectivity index (χ3v) is 3.82. The van der Waals surface area contributed by atoms with Gasteiger partial charge in [0.25, 0.3) is 0 Å². The number of nitrogens with one attached hydrogen (secondary N) is 2. The molecule has 1 aromatic heterocycles. The van der Waals surface area contributed by atoms with Crippen LogP contribution in [-0.4, -0.2) is 49.7 Å². The molecular formula is C18H28IN5. The van der Waals surface area contributed by atoms with Gasteiger partial charge in [-0.2, -0.15) is 0 Å². The van der Waals surface area contributed by atoms with Crippen molar-refractivity contribution in [1.29, 1.82) is 0 Å². The molecule has 0 fully saturated rings. The first-order valence-corrected chi connectivity index (χ1v) is 7.97. The molecule has 2 aromatic rings. The maximum absolute atomic E-state index is 4.30. The van der Waals surface area contributed by atoms with Gasteiger partial charge in [-0.1, -0.05) is 30.3 Å². The van der Waals surface area contributed by atoms with Crippen LogP contribution >= 0.6 is 24.0 Å². The Labute approximate surface area is 162 Å². The Bertz CT molecular complexity index is 581. The number of likely N-dealkylation sites (N-methyl/N-ethyl adjacent to an activating group) is 1. The number of guanidine groups is 1. The van der Waals surface area contributed by atoms with Crippen molar-refractivity contribution in [2.75, 3.05) is 34.2 Å². The standard InChI is InChI=1S/C18H27N5.HI/c1-19-18(20-11-14-23-12-7-8-13-23)21-15-17(22(2)3)16-9-5-4-6-10-16;/h4-10,12-13,17H,11,14-15H2,1-3H3,(H2,19,20,21);1H. The number of aliphatic imine (C=N–C) groups is 1. The summed E-state index contributed by atoms with van der Waals surface area (Å²) in [7, 11) is 6.00. The van der Waals surface area contributed by atoms with E-state index in [2.05, 4.69) is 75.8 Å². The van der Waals surface area contributed by atoms with Gasteiger partial charge in [0.05, 0.1) is 6.04 Å². The van der Waals surface area contributed by atoms with Crippen molar-refractivity contribution in [2.45, 2.75) is 12.6 Å². The predicted molar refractivity (Wildman–Crippen MR) is 112 cm³/mol. The molecule has 5 nitrogen and oxygen atoms in total. The Balaban J connectivity index is 0.00000288. The Morgan fingerprint density at radius 2 is 1.75 bits per heavy atom. The molecule has 1 unspecified atom stereocenters. The minimum Gasteiger partial charge on any atom is -0.355 e. The van der Waals surface area contributed by atoms with Crippen molar-refractivity contribution in [3.63, 3.8) is 0 Å². The summed E-state index contributed by atoms with van der Waals surface area (Å²) in [5, 5.41) is 6.77. The average Bonchev–Trinajstić information content (AvgIpc) is 3.07. The first kappa shape index (κ1) is 20.5. The number of benzene rings is 1. The lowest BCUT2D eigenvalue weighted by atomic mass is 10.1. The fraction of sp³-hybridized carbons (Fsp3) is 0.389. The van der Waals surface area contributed by atoms with Crippen molar-refractivity contribution in [1.82, 2.24) is 20.1 Å². The third-order valence-electron chi connectivity index (χ3n) is 3.82. The van der Waals surface area contributed by atoms with Gasteiger partial charge < -0.3 is 20.1 Å². The molecule has 0 amide bonds. The van der Waals surface area contributed by atoms with Gasteiger partial charge in [0.1, 0.15) is 0 Å². The highest BCUT2D eigenvalue weighted by molar-refractivity contribution is 14.0. The molecule has 0 bridgehead atoms. The second-order valence-electron chi connectivity index (χ2n) is 5.69. The van der Waals surface area contributed by atoms with Gasteiger partial charge in [-0.05, 0) is 31.8 Å². The van der Waals surface area contributed by atoms with E-state index in [4.69, 9.17) is 0 Å². The molecule has 24 heavy (non-hydrogen) atoms. The molecule has 0 radical (unpaired) electrons. The zero-order valence-corrected chi connectivity index (χ0v) is 17.0. The Kier molecular flexibility index (Phi) is 9.48. The van der Waals surface area contributed by atoms with Gasteiger partial charge in [0.2, 0.25) is 0 Å². The first-order valence-electron chi connectivity index (χ1n) is 7.97. The molecule has 1 aromatic carbocycles. The maximum Gasteiger partial charge on any atom is 0.191 e. The summed E-state index contributed by atoms with van der Waals surface area (Å²) in [4.78, 5) is 6.52. The van der Waals surface area contributed by atoms with Crippen molar-refractivity contribution in [3.05, 3.63) is 60.4 Å². The number of hydrogen-bond acceptors (Lipinski definition) is 2. The second-order valence-corrected chi connectivity index (χ2v) is 5.69. The summed E-state index contributed by atoms with van der Waals surface area (Å²) in [6, 6.07) is 14.9. The van der Waals surface area contributed by atoms with Crippen LogP contribution in [-0.2, 0) is 6.54 Å². The van der Waals surface area contributed by atoms with E-state index in [0.717, 1.165) is 25.6 Å². The lowest BCUT2D eigenvalue weighted by molar-refractivity contribution is 0.298. The van der Waals surface area contributed by atoms with Crippen LogP contribution in [0.25, 0.3) is 0 Å². The van der Waals surface area contributed by atoms with Crippen molar-refractivity contribution >= 4 is 29.9 Å². The van der Waals surface area contributed by atoms with E-state index in [1.807, 2.05) is 18.2 Å². The smallest absolute Gasteiger partial charge is 0.191 e. The van der Waals surface area contributed by atoms with Crippen LogP contribution in [0.1, 0.15) is 11.6 Å². The SMILES string of the molecule is CN=C(NCCn1cccc1)NCC(c1ccccc1)N(C)C.I. The minimum absolute atomic E-state index is 0. The fourth-order valence-corrected chi connectivity index (χ4v) is 2.51. The second kappa shape index (κ2) is 11.1. The van der Waals surface area contributed by atoms with Gasteiger partial charge >= 0.3 is 0 Å². The van der Waals surface area contributed by atoms with Crippen LogP contribution < -0.4 is 10.6 Å². The van der Waals surface area contributed by atoms with Crippen LogP contribution in [0.15, 0.2) is 59.9 Å². The summed E-state index contributed by atoms with van der Waals surface area (Å²) in [6.45, 7) is 2.57. The van der Waals surface area contributed by atoms with Crippen LogP contribution in [0.4, 0.5) is 0 Å². The zero-order chi connectivity index (χ0) is 16.5. The molecule has 0 aliphatic rings. The zero-order valence-electron chi connectivity index (χ0n) is 14.6. The van der Waals surface area contributed by atoms with Crippen LogP contribution in [0.3, 0.4) is 0 Å². The molecule has 1 atom stereocenters. The number of hydrogen-bond donors (Lipinski definition) is 2. The van der Waals surface area contributed by atoms with E-state index >= 15 is 0 Å². The van der Waals surface area contributed by atoms with Crippen LogP contribution in [0, 0.1) is 0 Å². The van der Waals surface area contributed by atoms with Crippen LogP contribution in [0.2, 0.25) is 0 Å². The summed E-state index contributed by atoms with van der Waals surface area (Å²) in [5.74, 6) is 0.833. The molecule has 0 saturated heterocycles. The Hall–Kier alpha value is -1.54. The number of aromatic nitrogens is 1. The van der Waals surface area contributed by atoms with Gasteiger partial charge in [-0.25, -0.2) is 0 Å². The van der Waals surface area contributed by atoms with Gasteiger partial charge in [0, 0.05) is 39.1 Å². The molecule has 0 saturated carbocycles. The third kappa shape index (κ3) is 6.52. The molecule has 1 heterocycles. The van der Waals surface area contributed by atoms with E-state index in [9.17, 15) is 0 Å². The molecular weight excluding hydrogens is 413 g/mol. The van der Waals surface area contributed by atoms with E-state index in [1.54, 1.807) is 7.05 Å². The molecule has 2 N–H and O–H groups in total. The van der Waals surface area contributed by atoms with Crippen molar-refractivity contribution in [2.24, 2.45) is 4.99 Å². The minimum atomic E-state index is 0. The maximum atomic E-state index is 4.30. The summed E-state index contributed by atoms with van der Waals surface area (Å²) < 4.78 is 2.15. The highest BCUT2D eigenvalue weighted by atomic mass is 127. The average molecular weight is 441 g/mol. The fourth-order valence-electron chi connectivity index (χ4n) is 2.51. The quantitative estimate of drug-likeness (QED) is 0.395. The normalized spacial score (nSPS) is 12.6. The largest absolute Gasteiger partial charge is 0.355 e. The summed E-state index contributed by atoms with van der Waals surface area (Å²) in [6.07, 6.45) is 4.13. The monoisotopic (exact) mass is 441 g/mol.